The second-order valence-electron chi connectivity index (χ2n) is 5.76. The number of furan rings is 1. The molecule has 1 aromatic rings. The molecular formula is C15H24N2O2. The van der Waals surface area contributed by atoms with Gasteiger partial charge in [-0.3, -0.25) is 4.90 Å². The summed E-state index contributed by atoms with van der Waals surface area (Å²) in [6, 6.07) is 5.14. The molecule has 0 amide bonds. The Labute approximate surface area is 114 Å². The fraction of sp³-hybridized carbons (Fsp3) is 0.733. The van der Waals surface area contributed by atoms with E-state index in [0.717, 1.165) is 25.5 Å². The van der Waals surface area contributed by atoms with E-state index >= 15 is 0 Å². The zero-order valence-electron chi connectivity index (χ0n) is 11.5. The quantitative estimate of drug-likeness (QED) is 0.854. The first-order valence-electron chi connectivity index (χ1n) is 7.44. The van der Waals surface area contributed by atoms with Crippen molar-refractivity contribution >= 4 is 0 Å². The van der Waals surface area contributed by atoms with Gasteiger partial charge in [-0.2, -0.15) is 0 Å². The highest BCUT2D eigenvalue weighted by atomic mass is 16.5. The van der Waals surface area contributed by atoms with Gasteiger partial charge in [-0.1, -0.05) is 0 Å². The lowest BCUT2D eigenvalue weighted by Gasteiger charge is -2.37. The predicted molar refractivity (Wildman–Crippen MR) is 73.7 cm³/mol. The van der Waals surface area contributed by atoms with Crippen molar-refractivity contribution in [1.29, 1.82) is 0 Å². The molecule has 2 aliphatic rings. The van der Waals surface area contributed by atoms with E-state index in [0.29, 0.717) is 24.5 Å². The summed E-state index contributed by atoms with van der Waals surface area (Å²) in [6.45, 7) is 3.37. The number of hydrogen-bond acceptors (Lipinski definition) is 4. The van der Waals surface area contributed by atoms with Crippen LogP contribution in [0.3, 0.4) is 0 Å². The Kier molecular flexibility index (Phi) is 4.21. The van der Waals surface area contributed by atoms with Crippen LogP contribution in [0.15, 0.2) is 22.8 Å². The molecule has 106 valence electrons. The number of ether oxygens (including phenoxy) is 1. The Bertz CT molecular complexity index is 370. The minimum atomic E-state index is 0.429. The number of nitrogens with zero attached hydrogens (tertiary/aromatic N) is 1. The molecule has 0 aromatic carbocycles. The van der Waals surface area contributed by atoms with E-state index in [1.165, 1.54) is 25.7 Å². The monoisotopic (exact) mass is 264 g/mol. The predicted octanol–water partition coefficient (Wildman–Crippen LogP) is 2.00. The summed E-state index contributed by atoms with van der Waals surface area (Å²) in [6.07, 6.45) is 6.75. The molecule has 1 aromatic heterocycles. The van der Waals surface area contributed by atoms with E-state index < -0.39 is 0 Å². The molecule has 2 fully saturated rings. The van der Waals surface area contributed by atoms with Crippen LogP contribution in [0.25, 0.3) is 0 Å². The van der Waals surface area contributed by atoms with Crippen LogP contribution in [0.1, 0.15) is 31.4 Å². The summed E-state index contributed by atoms with van der Waals surface area (Å²) >= 11 is 0. The summed E-state index contributed by atoms with van der Waals surface area (Å²) in [5, 5.41) is 0. The van der Waals surface area contributed by atoms with E-state index in [9.17, 15) is 0 Å². The molecule has 1 aliphatic carbocycles. The Morgan fingerprint density at radius 3 is 2.84 bits per heavy atom. The second-order valence-corrected chi connectivity index (χ2v) is 5.76. The highest BCUT2D eigenvalue weighted by molar-refractivity contribution is 5.01. The van der Waals surface area contributed by atoms with Gasteiger partial charge in [0.15, 0.2) is 0 Å². The van der Waals surface area contributed by atoms with E-state index in [4.69, 9.17) is 14.9 Å². The van der Waals surface area contributed by atoms with Crippen LogP contribution in [0.4, 0.5) is 0 Å². The lowest BCUT2D eigenvalue weighted by atomic mass is 9.92. The van der Waals surface area contributed by atoms with Gasteiger partial charge in [0.05, 0.1) is 19.4 Å². The number of nitrogens with two attached hydrogens (primary N) is 1. The molecular weight excluding hydrogens is 240 g/mol. The maximum Gasteiger partial charge on any atom is 0.117 e. The van der Waals surface area contributed by atoms with Crippen molar-refractivity contribution in [3.05, 3.63) is 24.2 Å². The highest BCUT2D eigenvalue weighted by Crippen LogP contribution is 2.33. The van der Waals surface area contributed by atoms with Crippen molar-refractivity contribution in [3.63, 3.8) is 0 Å². The number of hydrogen-bond donors (Lipinski definition) is 1. The van der Waals surface area contributed by atoms with Crippen LogP contribution in [0.5, 0.6) is 0 Å². The SMILES string of the molecule is NCC(C1CCCOC1)N(Cc1ccco1)C1CC1. The second kappa shape index (κ2) is 6.07. The standard InChI is InChI=1S/C15H24N2O2/c16-9-15(12-3-1-7-18-11-12)17(13-5-6-13)10-14-4-2-8-19-14/h2,4,8,12-13,15H,1,3,5-7,9-11,16H2. The van der Waals surface area contributed by atoms with Gasteiger partial charge < -0.3 is 14.9 Å². The zero-order valence-corrected chi connectivity index (χ0v) is 11.5. The highest BCUT2D eigenvalue weighted by Gasteiger charge is 2.37. The van der Waals surface area contributed by atoms with Crippen LogP contribution in [0, 0.1) is 5.92 Å². The molecule has 0 spiro atoms. The van der Waals surface area contributed by atoms with Gasteiger partial charge in [-0.05, 0) is 43.7 Å². The average molecular weight is 264 g/mol. The summed E-state index contributed by atoms with van der Waals surface area (Å²) in [7, 11) is 0. The Hall–Kier alpha value is -0.840. The first kappa shape index (κ1) is 13.2. The molecule has 2 N–H and O–H groups in total. The molecule has 19 heavy (non-hydrogen) atoms. The van der Waals surface area contributed by atoms with Crippen molar-refractivity contribution in [2.45, 2.75) is 44.3 Å². The van der Waals surface area contributed by atoms with Gasteiger partial charge in [-0.15, -0.1) is 0 Å². The molecule has 4 nitrogen and oxygen atoms in total. The van der Waals surface area contributed by atoms with Crippen molar-refractivity contribution < 1.29 is 9.15 Å². The van der Waals surface area contributed by atoms with Crippen LogP contribution in [-0.2, 0) is 11.3 Å². The normalized spacial score (nSPS) is 25.7. The minimum absolute atomic E-state index is 0.429. The van der Waals surface area contributed by atoms with E-state index in [1.807, 2.05) is 6.07 Å². The first-order chi connectivity index (χ1) is 9.38. The number of rotatable bonds is 6. The summed E-state index contributed by atoms with van der Waals surface area (Å²) < 4.78 is 11.2. The molecule has 1 aliphatic heterocycles. The van der Waals surface area contributed by atoms with Gasteiger partial charge in [0.1, 0.15) is 5.76 Å². The van der Waals surface area contributed by atoms with E-state index in [2.05, 4.69) is 11.0 Å². The van der Waals surface area contributed by atoms with E-state index in [-0.39, 0.29) is 0 Å². The van der Waals surface area contributed by atoms with Crippen LogP contribution in [-0.4, -0.2) is 36.7 Å². The van der Waals surface area contributed by atoms with Crippen LogP contribution in [0.2, 0.25) is 0 Å². The van der Waals surface area contributed by atoms with Gasteiger partial charge in [0, 0.05) is 25.2 Å². The van der Waals surface area contributed by atoms with Gasteiger partial charge in [0.25, 0.3) is 0 Å². The zero-order chi connectivity index (χ0) is 13.1. The lowest BCUT2D eigenvalue weighted by Crippen LogP contribution is -2.48. The minimum Gasteiger partial charge on any atom is -0.468 e. The summed E-state index contributed by atoms with van der Waals surface area (Å²) in [4.78, 5) is 2.55. The summed E-state index contributed by atoms with van der Waals surface area (Å²) in [5.74, 6) is 1.62. The van der Waals surface area contributed by atoms with Crippen LogP contribution >= 0.6 is 0 Å². The third-order valence-electron chi connectivity index (χ3n) is 4.34. The summed E-state index contributed by atoms with van der Waals surface area (Å²) in [5.41, 5.74) is 6.07. The molecule has 1 saturated carbocycles. The van der Waals surface area contributed by atoms with Gasteiger partial charge in [0.2, 0.25) is 0 Å². The third-order valence-corrected chi connectivity index (χ3v) is 4.34. The topological polar surface area (TPSA) is 51.6 Å². The Balaban J connectivity index is 1.69. The maximum atomic E-state index is 6.07. The first-order valence-corrected chi connectivity index (χ1v) is 7.44. The van der Waals surface area contributed by atoms with E-state index in [1.54, 1.807) is 6.26 Å². The molecule has 0 bridgehead atoms. The van der Waals surface area contributed by atoms with Crippen molar-refractivity contribution in [3.8, 4) is 0 Å². The fourth-order valence-corrected chi connectivity index (χ4v) is 3.17. The molecule has 2 unspecified atom stereocenters. The van der Waals surface area contributed by atoms with Gasteiger partial charge in [-0.25, -0.2) is 0 Å². The lowest BCUT2D eigenvalue weighted by molar-refractivity contribution is 0.00477. The smallest absolute Gasteiger partial charge is 0.117 e. The van der Waals surface area contributed by atoms with Crippen LogP contribution < -0.4 is 5.73 Å². The Morgan fingerprint density at radius 2 is 2.26 bits per heavy atom. The van der Waals surface area contributed by atoms with Gasteiger partial charge >= 0.3 is 0 Å². The maximum absolute atomic E-state index is 6.07. The molecule has 4 heteroatoms. The average Bonchev–Trinajstić information content (AvgIpc) is 3.17. The van der Waals surface area contributed by atoms with Crippen molar-refractivity contribution in [2.24, 2.45) is 11.7 Å². The van der Waals surface area contributed by atoms with Crippen molar-refractivity contribution in [2.75, 3.05) is 19.8 Å². The molecule has 0 radical (unpaired) electrons. The Morgan fingerprint density at radius 1 is 1.37 bits per heavy atom. The third kappa shape index (κ3) is 3.19. The van der Waals surface area contributed by atoms with Crippen molar-refractivity contribution in [1.82, 2.24) is 4.90 Å². The fourth-order valence-electron chi connectivity index (χ4n) is 3.17. The molecule has 1 saturated heterocycles. The molecule has 2 heterocycles. The largest absolute Gasteiger partial charge is 0.468 e. The molecule has 3 rings (SSSR count). The molecule has 2 atom stereocenters.